The summed E-state index contributed by atoms with van der Waals surface area (Å²) in [6, 6.07) is 24.1. The minimum atomic E-state index is 0.676. The molecule has 0 atom stereocenters. The number of rotatable bonds is 4. The van der Waals surface area contributed by atoms with Crippen LogP contribution in [0.3, 0.4) is 0 Å². The highest BCUT2D eigenvalue weighted by atomic mass is 16.5. The monoisotopic (exact) mass is 266 g/mol. The molecular formula is C18H18O2. The first kappa shape index (κ1) is 14.1. The first-order valence-electron chi connectivity index (χ1n) is 6.58. The Labute approximate surface area is 119 Å². The van der Waals surface area contributed by atoms with Gasteiger partial charge in [0.05, 0.1) is 25.7 Å². The van der Waals surface area contributed by atoms with Crippen LogP contribution in [0.25, 0.3) is 0 Å². The van der Waals surface area contributed by atoms with Gasteiger partial charge in [-0.25, -0.2) is 0 Å². The molecule has 2 nitrogen and oxygen atoms in total. The number of hydrogen-bond donors (Lipinski definition) is 0. The van der Waals surface area contributed by atoms with Crippen molar-refractivity contribution >= 4 is 0 Å². The first-order chi connectivity index (χ1) is 9.95. The van der Waals surface area contributed by atoms with Gasteiger partial charge in [0.15, 0.2) is 0 Å². The van der Waals surface area contributed by atoms with Gasteiger partial charge in [-0.2, -0.15) is 0 Å². The second kappa shape index (κ2) is 8.73. The Balaban J connectivity index is 0.000000247. The number of hydrogen-bond acceptors (Lipinski definition) is 2. The maximum Gasteiger partial charge on any atom is 0.0902 e. The molecule has 0 amide bonds. The summed E-state index contributed by atoms with van der Waals surface area (Å²) in [5.41, 5.74) is 2.43. The van der Waals surface area contributed by atoms with Crippen molar-refractivity contribution in [2.75, 3.05) is 0 Å². The van der Waals surface area contributed by atoms with Gasteiger partial charge in [0.25, 0.3) is 0 Å². The zero-order valence-corrected chi connectivity index (χ0v) is 11.3. The summed E-state index contributed by atoms with van der Waals surface area (Å²) in [6.45, 7) is 1.35. The molecule has 0 spiro atoms. The molecule has 0 N–H and O–H groups in total. The first-order valence-corrected chi connectivity index (χ1v) is 6.58. The maximum absolute atomic E-state index is 5.61. The molecule has 3 aromatic rings. The van der Waals surface area contributed by atoms with Crippen LogP contribution in [0.5, 0.6) is 0 Å². The molecule has 0 unspecified atom stereocenters. The van der Waals surface area contributed by atoms with E-state index in [1.54, 1.807) is 12.5 Å². The van der Waals surface area contributed by atoms with Crippen LogP contribution in [0, 0.1) is 0 Å². The Morgan fingerprint density at radius 2 is 1.05 bits per heavy atom. The molecule has 0 fully saturated rings. The Bertz CT molecular complexity index is 488. The van der Waals surface area contributed by atoms with E-state index in [0.29, 0.717) is 13.2 Å². The predicted molar refractivity (Wildman–Crippen MR) is 80.1 cm³/mol. The third kappa shape index (κ3) is 5.55. The van der Waals surface area contributed by atoms with Crippen molar-refractivity contribution < 1.29 is 9.15 Å². The van der Waals surface area contributed by atoms with E-state index in [1.165, 1.54) is 11.1 Å². The van der Waals surface area contributed by atoms with Crippen LogP contribution in [0.1, 0.15) is 11.1 Å². The summed E-state index contributed by atoms with van der Waals surface area (Å²) in [5.74, 6) is 0. The number of furan rings is 1. The fraction of sp³-hybridized carbons (Fsp3) is 0.111. The Hall–Kier alpha value is -2.32. The molecule has 0 saturated heterocycles. The minimum absolute atomic E-state index is 0.676. The molecule has 1 heterocycles. The zero-order chi connectivity index (χ0) is 13.9. The van der Waals surface area contributed by atoms with Crippen molar-refractivity contribution in [2.45, 2.75) is 13.2 Å². The standard InChI is InChI=1S/C14H14O.C4H4O/c1-3-7-13(8-4-1)11-15-12-14-9-5-2-6-10-14;1-2-4-5-3-1/h1-10H,11-12H2;1-4H. The molecule has 1 aromatic heterocycles. The molecule has 0 aliphatic rings. The predicted octanol–water partition coefficient (Wildman–Crippen LogP) is 4.68. The van der Waals surface area contributed by atoms with Gasteiger partial charge < -0.3 is 9.15 Å². The lowest BCUT2D eigenvalue weighted by Crippen LogP contribution is -1.93. The van der Waals surface area contributed by atoms with Gasteiger partial charge in [-0.15, -0.1) is 0 Å². The van der Waals surface area contributed by atoms with Gasteiger partial charge in [0.1, 0.15) is 0 Å². The van der Waals surface area contributed by atoms with Crippen LogP contribution < -0.4 is 0 Å². The molecule has 3 rings (SSSR count). The van der Waals surface area contributed by atoms with E-state index in [0.717, 1.165) is 0 Å². The van der Waals surface area contributed by atoms with Crippen molar-refractivity contribution in [3.63, 3.8) is 0 Å². The maximum atomic E-state index is 5.61. The SMILES string of the molecule is c1ccc(COCc2ccccc2)cc1.c1ccoc1. The summed E-state index contributed by atoms with van der Waals surface area (Å²) in [7, 11) is 0. The Morgan fingerprint density at radius 3 is 1.40 bits per heavy atom. The average molecular weight is 266 g/mol. The second-order valence-corrected chi connectivity index (χ2v) is 4.26. The van der Waals surface area contributed by atoms with Gasteiger partial charge in [-0.1, -0.05) is 60.7 Å². The Kier molecular flexibility index (Phi) is 6.15. The molecule has 102 valence electrons. The number of benzene rings is 2. The molecule has 0 aliphatic carbocycles. The lowest BCUT2D eigenvalue weighted by molar-refractivity contribution is 0.107. The topological polar surface area (TPSA) is 22.4 Å². The Morgan fingerprint density at radius 1 is 0.600 bits per heavy atom. The summed E-state index contributed by atoms with van der Waals surface area (Å²) in [4.78, 5) is 0. The van der Waals surface area contributed by atoms with Crippen LogP contribution in [-0.2, 0) is 18.0 Å². The highest BCUT2D eigenvalue weighted by molar-refractivity contribution is 5.15. The van der Waals surface area contributed by atoms with Crippen molar-refractivity contribution in [3.8, 4) is 0 Å². The zero-order valence-electron chi connectivity index (χ0n) is 11.3. The third-order valence-corrected chi connectivity index (χ3v) is 2.65. The van der Waals surface area contributed by atoms with Gasteiger partial charge in [-0.05, 0) is 23.3 Å². The lowest BCUT2D eigenvalue weighted by atomic mass is 10.2. The highest BCUT2D eigenvalue weighted by Gasteiger charge is 1.93. The van der Waals surface area contributed by atoms with E-state index in [1.807, 2.05) is 48.5 Å². The number of ether oxygens (including phenoxy) is 1. The molecule has 2 aromatic carbocycles. The van der Waals surface area contributed by atoms with Crippen LogP contribution in [0.4, 0.5) is 0 Å². The van der Waals surface area contributed by atoms with Crippen molar-refractivity contribution in [1.29, 1.82) is 0 Å². The van der Waals surface area contributed by atoms with E-state index in [2.05, 4.69) is 28.7 Å². The second-order valence-electron chi connectivity index (χ2n) is 4.26. The van der Waals surface area contributed by atoms with Crippen LogP contribution in [0.15, 0.2) is 89.7 Å². The third-order valence-electron chi connectivity index (χ3n) is 2.65. The van der Waals surface area contributed by atoms with Gasteiger partial charge >= 0.3 is 0 Å². The summed E-state index contributed by atoms with van der Waals surface area (Å²) < 4.78 is 10.2. The molecule has 2 heteroatoms. The van der Waals surface area contributed by atoms with Crippen molar-refractivity contribution in [2.24, 2.45) is 0 Å². The average Bonchev–Trinajstić information content (AvgIpc) is 3.09. The quantitative estimate of drug-likeness (QED) is 0.684. The molecule has 0 saturated carbocycles. The summed E-state index contributed by atoms with van der Waals surface area (Å²) >= 11 is 0. The molecule has 0 aliphatic heterocycles. The van der Waals surface area contributed by atoms with E-state index in [4.69, 9.17) is 4.74 Å². The largest absolute Gasteiger partial charge is 0.473 e. The fourth-order valence-electron chi connectivity index (χ4n) is 1.66. The normalized spacial score (nSPS) is 9.60. The molecule has 0 radical (unpaired) electrons. The van der Waals surface area contributed by atoms with E-state index in [-0.39, 0.29) is 0 Å². The van der Waals surface area contributed by atoms with Crippen molar-refractivity contribution in [3.05, 3.63) is 96.4 Å². The molecule has 20 heavy (non-hydrogen) atoms. The van der Waals surface area contributed by atoms with Crippen LogP contribution >= 0.6 is 0 Å². The van der Waals surface area contributed by atoms with Gasteiger partial charge in [0.2, 0.25) is 0 Å². The van der Waals surface area contributed by atoms with Crippen LogP contribution in [0.2, 0.25) is 0 Å². The fourth-order valence-corrected chi connectivity index (χ4v) is 1.66. The van der Waals surface area contributed by atoms with Crippen LogP contribution in [-0.4, -0.2) is 0 Å². The van der Waals surface area contributed by atoms with Gasteiger partial charge in [0, 0.05) is 0 Å². The minimum Gasteiger partial charge on any atom is -0.473 e. The summed E-state index contributed by atoms with van der Waals surface area (Å²) in [6.07, 6.45) is 3.25. The van der Waals surface area contributed by atoms with E-state index >= 15 is 0 Å². The lowest BCUT2D eigenvalue weighted by Gasteiger charge is -2.03. The highest BCUT2D eigenvalue weighted by Crippen LogP contribution is 2.05. The molecule has 0 bridgehead atoms. The summed E-state index contributed by atoms with van der Waals surface area (Å²) in [5, 5.41) is 0. The van der Waals surface area contributed by atoms with Gasteiger partial charge in [-0.3, -0.25) is 0 Å². The van der Waals surface area contributed by atoms with E-state index < -0.39 is 0 Å². The molecular weight excluding hydrogens is 248 g/mol. The smallest absolute Gasteiger partial charge is 0.0902 e. The van der Waals surface area contributed by atoms with E-state index in [9.17, 15) is 0 Å². The van der Waals surface area contributed by atoms with Crippen molar-refractivity contribution in [1.82, 2.24) is 0 Å².